The molecular weight excluding hydrogens is 332 g/mol. The number of terminal acetylenes is 1. The summed E-state index contributed by atoms with van der Waals surface area (Å²) in [6.45, 7) is 2.78. The summed E-state index contributed by atoms with van der Waals surface area (Å²) in [7, 11) is 0. The number of aromatic carboxylic acids is 1. The standard InChI is InChI=1S/C19H22N4O3/c1-2-3-9-19(20-21-19)10-8-17(24)23-13-11-22(12-14-23)16-6-4-15(5-7-16)18(25)26/h1,4-7H,3,8-14H2,(H,25,26). The minimum atomic E-state index is -0.930. The van der Waals surface area contributed by atoms with Crippen LogP contribution in [-0.4, -0.2) is 53.7 Å². The summed E-state index contributed by atoms with van der Waals surface area (Å²) in [6.07, 6.45) is 7.69. The first kappa shape index (κ1) is 17.9. The molecule has 0 unspecified atom stereocenters. The van der Waals surface area contributed by atoms with Gasteiger partial charge in [-0.25, -0.2) is 4.79 Å². The Morgan fingerprint density at radius 2 is 1.77 bits per heavy atom. The van der Waals surface area contributed by atoms with Crippen LogP contribution in [0.25, 0.3) is 0 Å². The maximum absolute atomic E-state index is 12.4. The first-order chi connectivity index (χ1) is 12.5. The highest BCUT2D eigenvalue weighted by Gasteiger charge is 2.39. The van der Waals surface area contributed by atoms with E-state index in [1.807, 2.05) is 17.0 Å². The Kier molecular flexibility index (Phi) is 5.21. The van der Waals surface area contributed by atoms with Crippen LogP contribution in [0.1, 0.15) is 36.0 Å². The minimum Gasteiger partial charge on any atom is -0.478 e. The monoisotopic (exact) mass is 354 g/mol. The van der Waals surface area contributed by atoms with Crippen LogP contribution in [0.5, 0.6) is 0 Å². The third-order valence-corrected chi connectivity index (χ3v) is 4.90. The first-order valence-corrected chi connectivity index (χ1v) is 8.77. The zero-order chi connectivity index (χ0) is 18.6. The molecule has 1 aromatic rings. The molecule has 1 amide bonds. The van der Waals surface area contributed by atoms with E-state index in [0.717, 1.165) is 25.2 Å². The summed E-state index contributed by atoms with van der Waals surface area (Å²) >= 11 is 0. The molecule has 7 nitrogen and oxygen atoms in total. The van der Waals surface area contributed by atoms with Gasteiger partial charge in [0.1, 0.15) is 0 Å². The molecule has 0 spiro atoms. The molecule has 0 aliphatic carbocycles. The van der Waals surface area contributed by atoms with E-state index >= 15 is 0 Å². The van der Waals surface area contributed by atoms with Crippen molar-refractivity contribution in [3.8, 4) is 12.3 Å². The Labute approximate surface area is 152 Å². The summed E-state index contributed by atoms with van der Waals surface area (Å²) in [4.78, 5) is 27.4. The van der Waals surface area contributed by atoms with E-state index in [1.165, 1.54) is 0 Å². The SMILES string of the molecule is C#CCCC1(CCC(=O)N2CCN(c3ccc(C(=O)O)cc3)CC2)N=N1. The Morgan fingerprint density at radius 1 is 1.12 bits per heavy atom. The van der Waals surface area contributed by atoms with Crippen LogP contribution in [0.2, 0.25) is 0 Å². The van der Waals surface area contributed by atoms with Gasteiger partial charge in [0.25, 0.3) is 0 Å². The molecule has 1 saturated heterocycles. The van der Waals surface area contributed by atoms with E-state index in [0.29, 0.717) is 32.4 Å². The van der Waals surface area contributed by atoms with Gasteiger partial charge in [0.05, 0.1) is 5.56 Å². The lowest BCUT2D eigenvalue weighted by atomic mass is 10.0. The van der Waals surface area contributed by atoms with Crippen LogP contribution in [0, 0.1) is 12.3 Å². The fourth-order valence-corrected chi connectivity index (χ4v) is 3.16. The first-order valence-electron chi connectivity index (χ1n) is 8.77. The predicted molar refractivity (Wildman–Crippen MR) is 97.1 cm³/mol. The molecule has 1 aromatic carbocycles. The van der Waals surface area contributed by atoms with Crippen molar-refractivity contribution in [3.63, 3.8) is 0 Å². The number of nitrogens with zero attached hydrogens (tertiary/aromatic N) is 4. The fraction of sp³-hybridized carbons (Fsp3) is 0.474. The molecular formula is C19H22N4O3. The van der Waals surface area contributed by atoms with Gasteiger partial charge in [0.2, 0.25) is 5.91 Å². The second-order valence-electron chi connectivity index (χ2n) is 6.61. The molecule has 0 saturated carbocycles. The fourth-order valence-electron chi connectivity index (χ4n) is 3.16. The van der Waals surface area contributed by atoms with Crippen LogP contribution < -0.4 is 4.90 Å². The van der Waals surface area contributed by atoms with Crippen molar-refractivity contribution in [3.05, 3.63) is 29.8 Å². The molecule has 1 fully saturated rings. The molecule has 7 heteroatoms. The number of hydrogen-bond acceptors (Lipinski definition) is 5. The average Bonchev–Trinajstić information content (AvgIpc) is 3.45. The highest BCUT2D eigenvalue weighted by atomic mass is 16.4. The van der Waals surface area contributed by atoms with Gasteiger partial charge in [-0.15, -0.1) is 12.3 Å². The van der Waals surface area contributed by atoms with Gasteiger partial charge in [-0.3, -0.25) is 4.79 Å². The molecule has 2 heterocycles. The predicted octanol–water partition coefficient (Wildman–Crippen LogP) is 2.39. The maximum Gasteiger partial charge on any atom is 0.335 e. The molecule has 26 heavy (non-hydrogen) atoms. The number of rotatable bonds is 7. The van der Waals surface area contributed by atoms with Crippen LogP contribution in [0.4, 0.5) is 5.69 Å². The number of amides is 1. The molecule has 0 radical (unpaired) electrons. The van der Waals surface area contributed by atoms with E-state index in [2.05, 4.69) is 21.0 Å². The van der Waals surface area contributed by atoms with Crippen molar-refractivity contribution in [2.45, 2.75) is 31.3 Å². The summed E-state index contributed by atoms with van der Waals surface area (Å²) in [5, 5.41) is 17.1. The highest BCUT2D eigenvalue weighted by Crippen LogP contribution is 2.37. The Balaban J connectivity index is 1.45. The molecule has 0 atom stereocenters. The van der Waals surface area contributed by atoms with Gasteiger partial charge in [-0.1, -0.05) is 0 Å². The Hall–Kier alpha value is -2.88. The van der Waals surface area contributed by atoms with Crippen molar-refractivity contribution >= 4 is 17.6 Å². The zero-order valence-electron chi connectivity index (χ0n) is 14.6. The van der Waals surface area contributed by atoms with Crippen molar-refractivity contribution < 1.29 is 14.7 Å². The van der Waals surface area contributed by atoms with E-state index < -0.39 is 11.6 Å². The molecule has 2 aliphatic rings. The van der Waals surface area contributed by atoms with Gasteiger partial charge < -0.3 is 14.9 Å². The van der Waals surface area contributed by atoms with Gasteiger partial charge in [-0.2, -0.15) is 10.2 Å². The summed E-state index contributed by atoms with van der Waals surface area (Å²) in [5.74, 6) is 1.79. The lowest BCUT2D eigenvalue weighted by Crippen LogP contribution is -2.48. The number of carbonyl (C=O) groups excluding carboxylic acids is 1. The molecule has 0 bridgehead atoms. The van der Waals surface area contributed by atoms with Crippen LogP contribution in [0.3, 0.4) is 0 Å². The second kappa shape index (κ2) is 7.56. The Bertz CT molecular complexity index is 737. The number of benzene rings is 1. The number of anilines is 1. The van der Waals surface area contributed by atoms with Gasteiger partial charge in [-0.05, 0) is 24.3 Å². The number of piperazine rings is 1. The minimum absolute atomic E-state index is 0.128. The molecule has 0 aromatic heterocycles. The van der Waals surface area contributed by atoms with Gasteiger partial charge >= 0.3 is 5.97 Å². The third kappa shape index (κ3) is 4.20. The number of hydrogen-bond donors (Lipinski definition) is 1. The third-order valence-electron chi connectivity index (χ3n) is 4.90. The summed E-state index contributed by atoms with van der Waals surface area (Å²) < 4.78 is 0. The van der Waals surface area contributed by atoms with Gasteiger partial charge in [0.15, 0.2) is 5.66 Å². The zero-order valence-corrected chi connectivity index (χ0v) is 14.6. The summed E-state index contributed by atoms with van der Waals surface area (Å²) in [5.41, 5.74) is 0.846. The average molecular weight is 354 g/mol. The molecule has 2 aliphatic heterocycles. The smallest absolute Gasteiger partial charge is 0.335 e. The second-order valence-corrected chi connectivity index (χ2v) is 6.61. The van der Waals surface area contributed by atoms with E-state index in [9.17, 15) is 9.59 Å². The van der Waals surface area contributed by atoms with Gasteiger partial charge in [0, 0.05) is 57.5 Å². The number of carboxylic acid groups (broad SMARTS) is 1. The lowest BCUT2D eigenvalue weighted by molar-refractivity contribution is -0.131. The van der Waals surface area contributed by atoms with Crippen molar-refractivity contribution in [1.82, 2.24) is 4.90 Å². The molecule has 1 N–H and O–H groups in total. The van der Waals surface area contributed by atoms with Crippen molar-refractivity contribution in [2.24, 2.45) is 10.2 Å². The van der Waals surface area contributed by atoms with E-state index in [-0.39, 0.29) is 11.5 Å². The topological polar surface area (TPSA) is 85.6 Å². The van der Waals surface area contributed by atoms with Crippen molar-refractivity contribution in [1.29, 1.82) is 0 Å². The summed E-state index contributed by atoms with van der Waals surface area (Å²) in [6, 6.07) is 6.83. The maximum atomic E-state index is 12.4. The van der Waals surface area contributed by atoms with Crippen LogP contribution in [-0.2, 0) is 4.79 Å². The normalized spacial score (nSPS) is 17.7. The largest absolute Gasteiger partial charge is 0.478 e. The number of carboxylic acids is 1. The van der Waals surface area contributed by atoms with Crippen LogP contribution in [0.15, 0.2) is 34.5 Å². The molecule has 136 valence electrons. The Morgan fingerprint density at radius 3 is 2.31 bits per heavy atom. The quantitative estimate of drug-likeness (QED) is 0.762. The molecule has 3 rings (SSSR count). The number of carbonyl (C=O) groups is 2. The lowest BCUT2D eigenvalue weighted by Gasteiger charge is -2.36. The van der Waals surface area contributed by atoms with E-state index in [1.54, 1.807) is 12.1 Å². The van der Waals surface area contributed by atoms with E-state index in [4.69, 9.17) is 11.5 Å². The van der Waals surface area contributed by atoms with Crippen LogP contribution >= 0.6 is 0 Å². The highest BCUT2D eigenvalue weighted by molar-refractivity contribution is 5.88. The van der Waals surface area contributed by atoms with Crippen molar-refractivity contribution in [2.75, 3.05) is 31.1 Å².